The van der Waals surface area contributed by atoms with Crippen LogP contribution < -0.4 is 0 Å². The molecule has 1 heterocycles. The van der Waals surface area contributed by atoms with E-state index < -0.39 is 5.97 Å². The highest BCUT2D eigenvalue weighted by molar-refractivity contribution is 6.30. The van der Waals surface area contributed by atoms with Gasteiger partial charge in [-0.3, -0.25) is 4.57 Å². The molecule has 0 atom stereocenters. The number of carboxylic acids is 1. The summed E-state index contributed by atoms with van der Waals surface area (Å²) in [6.07, 6.45) is 1.49. The maximum Gasteiger partial charge on any atom is 0.337 e. The van der Waals surface area contributed by atoms with Crippen molar-refractivity contribution in [3.63, 3.8) is 0 Å². The van der Waals surface area contributed by atoms with Crippen LogP contribution in [0.4, 0.5) is 0 Å². The number of aromatic carboxylic acids is 1. The van der Waals surface area contributed by atoms with Crippen LogP contribution in [0.3, 0.4) is 0 Å². The SMILES string of the molecule is N#Cc1ccc(Cl)cc1-n1cnc2c(C(=O)O)cccc21. The molecule has 0 amide bonds. The van der Waals surface area contributed by atoms with Gasteiger partial charge in [0.05, 0.1) is 22.3 Å². The van der Waals surface area contributed by atoms with Crippen molar-refractivity contribution in [2.24, 2.45) is 0 Å². The summed E-state index contributed by atoms with van der Waals surface area (Å²) in [4.78, 5) is 15.4. The highest BCUT2D eigenvalue weighted by Gasteiger charge is 2.15. The van der Waals surface area contributed by atoms with Gasteiger partial charge in [-0.25, -0.2) is 9.78 Å². The minimum absolute atomic E-state index is 0.117. The normalized spacial score (nSPS) is 10.5. The van der Waals surface area contributed by atoms with Gasteiger partial charge in [0.15, 0.2) is 0 Å². The molecule has 2 aromatic carbocycles. The Bertz CT molecular complexity index is 909. The molecule has 0 radical (unpaired) electrons. The monoisotopic (exact) mass is 297 g/mol. The maximum atomic E-state index is 11.2. The van der Waals surface area contributed by atoms with E-state index in [1.807, 2.05) is 0 Å². The number of hydrogen-bond acceptors (Lipinski definition) is 3. The van der Waals surface area contributed by atoms with Crippen molar-refractivity contribution in [2.75, 3.05) is 0 Å². The molecule has 0 aliphatic heterocycles. The van der Waals surface area contributed by atoms with Crippen molar-refractivity contribution in [1.82, 2.24) is 9.55 Å². The Labute approximate surface area is 124 Å². The smallest absolute Gasteiger partial charge is 0.337 e. The van der Waals surface area contributed by atoms with Gasteiger partial charge in [-0.1, -0.05) is 17.7 Å². The van der Waals surface area contributed by atoms with E-state index in [9.17, 15) is 15.2 Å². The molecule has 0 spiro atoms. The van der Waals surface area contributed by atoms with Crippen molar-refractivity contribution < 1.29 is 9.90 Å². The van der Waals surface area contributed by atoms with Crippen LogP contribution in [0, 0.1) is 11.3 Å². The molecule has 0 unspecified atom stereocenters. The number of fused-ring (bicyclic) bond motifs is 1. The quantitative estimate of drug-likeness (QED) is 0.787. The van der Waals surface area contributed by atoms with Gasteiger partial charge in [0.1, 0.15) is 17.9 Å². The van der Waals surface area contributed by atoms with Crippen LogP contribution in [-0.4, -0.2) is 20.6 Å². The van der Waals surface area contributed by atoms with Gasteiger partial charge >= 0.3 is 5.97 Å². The number of imidazole rings is 1. The molecule has 0 saturated heterocycles. The molecular formula is C15H8ClN3O2. The molecule has 0 aliphatic rings. The van der Waals surface area contributed by atoms with Gasteiger partial charge in [0.25, 0.3) is 0 Å². The summed E-state index contributed by atoms with van der Waals surface area (Å²) in [6.45, 7) is 0. The Morgan fingerprint density at radius 1 is 1.33 bits per heavy atom. The molecule has 6 heteroatoms. The molecule has 3 rings (SSSR count). The number of carboxylic acid groups (broad SMARTS) is 1. The first-order valence-corrected chi connectivity index (χ1v) is 6.39. The number of hydrogen-bond donors (Lipinski definition) is 1. The molecule has 1 N–H and O–H groups in total. The van der Waals surface area contributed by atoms with Gasteiger partial charge in [0, 0.05) is 5.02 Å². The number of nitrogens with zero attached hydrogens (tertiary/aromatic N) is 3. The molecule has 3 aromatic rings. The Morgan fingerprint density at radius 3 is 2.86 bits per heavy atom. The zero-order valence-electron chi connectivity index (χ0n) is 10.6. The largest absolute Gasteiger partial charge is 0.478 e. The Hall–Kier alpha value is -2.84. The molecule has 0 fully saturated rings. The van der Waals surface area contributed by atoms with Crippen molar-refractivity contribution in [3.8, 4) is 11.8 Å². The van der Waals surface area contributed by atoms with Gasteiger partial charge in [-0.05, 0) is 30.3 Å². The third-order valence-corrected chi connectivity index (χ3v) is 3.38. The lowest BCUT2D eigenvalue weighted by atomic mass is 10.1. The zero-order chi connectivity index (χ0) is 15.0. The molecule has 21 heavy (non-hydrogen) atoms. The molecule has 0 saturated carbocycles. The maximum absolute atomic E-state index is 11.2. The first kappa shape index (κ1) is 13.2. The van der Waals surface area contributed by atoms with Gasteiger partial charge < -0.3 is 5.11 Å². The number of benzene rings is 2. The lowest BCUT2D eigenvalue weighted by Gasteiger charge is -2.07. The third-order valence-electron chi connectivity index (χ3n) is 3.15. The van der Waals surface area contributed by atoms with Crippen LogP contribution in [0.15, 0.2) is 42.7 Å². The topological polar surface area (TPSA) is 78.9 Å². The van der Waals surface area contributed by atoms with E-state index in [0.29, 0.717) is 27.3 Å². The first-order valence-electron chi connectivity index (χ1n) is 6.01. The second-order valence-electron chi connectivity index (χ2n) is 4.37. The van der Waals surface area contributed by atoms with Crippen LogP contribution in [0.5, 0.6) is 0 Å². The number of rotatable bonds is 2. The standard InChI is InChI=1S/C15H8ClN3O2/c16-10-5-4-9(7-17)13(6-10)19-8-18-14-11(15(20)21)2-1-3-12(14)19/h1-6,8H,(H,20,21). The van der Waals surface area contributed by atoms with Crippen LogP contribution in [0.2, 0.25) is 5.02 Å². The highest BCUT2D eigenvalue weighted by atomic mass is 35.5. The van der Waals surface area contributed by atoms with E-state index in [2.05, 4.69) is 11.1 Å². The fourth-order valence-corrected chi connectivity index (χ4v) is 2.37. The van der Waals surface area contributed by atoms with E-state index in [0.717, 1.165) is 0 Å². The summed E-state index contributed by atoms with van der Waals surface area (Å²) in [5.41, 5.74) is 2.09. The van der Waals surface area contributed by atoms with E-state index >= 15 is 0 Å². The fraction of sp³-hybridized carbons (Fsp3) is 0. The minimum Gasteiger partial charge on any atom is -0.478 e. The summed E-state index contributed by atoms with van der Waals surface area (Å²) < 4.78 is 1.66. The molecular weight excluding hydrogens is 290 g/mol. The Balaban J connectivity index is 2.33. The van der Waals surface area contributed by atoms with Crippen molar-refractivity contribution in [1.29, 1.82) is 5.26 Å². The van der Waals surface area contributed by atoms with E-state index in [-0.39, 0.29) is 5.56 Å². The zero-order valence-corrected chi connectivity index (χ0v) is 11.4. The van der Waals surface area contributed by atoms with Crippen LogP contribution in [0.25, 0.3) is 16.7 Å². The number of aromatic nitrogens is 2. The second kappa shape index (κ2) is 4.93. The van der Waals surface area contributed by atoms with Crippen molar-refractivity contribution in [2.45, 2.75) is 0 Å². The lowest BCUT2D eigenvalue weighted by molar-refractivity contribution is 0.0699. The Kier molecular flexibility index (Phi) is 3.09. The number of para-hydroxylation sites is 1. The predicted molar refractivity (Wildman–Crippen MR) is 77.8 cm³/mol. The summed E-state index contributed by atoms with van der Waals surface area (Å²) in [6, 6.07) is 11.9. The molecule has 5 nitrogen and oxygen atoms in total. The second-order valence-corrected chi connectivity index (χ2v) is 4.80. The number of halogens is 1. The summed E-state index contributed by atoms with van der Waals surface area (Å²) >= 11 is 5.99. The average Bonchev–Trinajstić information content (AvgIpc) is 2.90. The predicted octanol–water partition coefficient (Wildman–Crippen LogP) is 3.25. The summed E-state index contributed by atoms with van der Waals surface area (Å²) in [5, 5.41) is 18.9. The van der Waals surface area contributed by atoms with Gasteiger partial charge in [-0.2, -0.15) is 5.26 Å². The van der Waals surface area contributed by atoms with Gasteiger partial charge in [-0.15, -0.1) is 0 Å². The molecule has 0 aliphatic carbocycles. The average molecular weight is 298 g/mol. The van der Waals surface area contributed by atoms with E-state index in [1.54, 1.807) is 34.9 Å². The molecule has 1 aromatic heterocycles. The first-order chi connectivity index (χ1) is 10.1. The van der Waals surface area contributed by atoms with E-state index in [4.69, 9.17) is 11.6 Å². The minimum atomic E-state index is -1.04. The van der Waals surface area contributed by atoms with Crippen LogP contribution in [0.1, 0.15) is 15.9 Å². The lowest BCUT2D eigenvalue weighted by Crippen LogP contribution is -1.99. The molecule has 0 bridgehead atoms. The number of nitriles is 1. The fourth-order valence-electron chi connectivity index (χ4n) is 2.20. The van der Waals surface area contributed by atoms with Crippen molar-refractivity contribution >= 4 is 28.6 Å². The van der Waals surface area contributed by atoms with Crippen LogP contribution >= 0.6 is 11.6 Å². The van der Waals surface area contributed by atoms with E-state index in [1.165, 1.54) is 12.4 Å². The van der Waals surface area contributed by atoms with Crippen molar-refractivity contribution in [3.05, 3.63) is 58.9 Å². The van der Waals surface area contributed by atoms with Crippen LogP contribution in [-0.2, 0) is 0 Å². The summed E-state index contributed by atoms with van der Waals surface area (Å²) in [5.74, 6) is -1.04. The highest BCUT2D eigenvalue weighted by Crippen LogP contribution is 2.25. The Morgan fingerprint density at radius 2 is 2.14 bits per heavy atom. The molecule has 102 valence electrons. The summed E-state index contributed by atoms with van der Waals surface area (Å²) in [7, 11) is 0. The number of carbonyl (C=O) groups is 1. The van der Waals surface area contributed by atoms with Gasteiger partial charge in [0.2, 0.25) is 0 Å². The third kappa shape index (κ3) is 2.12.